The summed E-state index contributed by atoms with van der Waals surface area (Å²) in [6.45, 7) is 8.20. The minimum atomic E-state index is -0.423. The largest absolute Gasteiger partial charge is 0.327 e. The molecule has 0 atom stereocenters. The lowest BCUT2D eigenvalue weighted by Gasteiger charge is -2.41. The standard InChI is InChI=1S/C20H21ClN2O/c1-13-8-9-17-14(2)12-20(3,4)23(18(17)10-13)19(24)22-16-7-5-6-15(21)11-16/h5-12H,1-4H3,(H,22,24). The number of rotatable bonds is 1. The number of fused-ring (bicyclic) bond motifs is 1. The van der Waals surface area contributed by atoms with Gasteiger partial charge in [0, 0.05) is 16.3 Å². The first-order chi connectivity index (χ1) is 11.3. The molecule has 0 radical (unpaired) electrons. The predicted molar refractivity (Wildman–Crippen MR) is 102 cm³/mol. The molecular weight excluding hydrogens is 320 g/mol. The lowest BCUT2D eigenvalue weighted by atomic mass is 9.88. The van der Waals surface area contributed by atoms with E-state index in [0.29, 0.717) is 10.7 Å². The molecule has 1 aliphatic heterocycles. The molecule has 124 valence electrons. The Kier molecular flexibility index (Phi) is 4.14. The van der Waals surface area contributed by atoms with Crippen LogP contribution in [0.15, 0.2) is 48.5 Å². The topological polar surface area (TPSA) is 32.3 Å². The second-order valence-electron chi connectivity index (χ2n) is 6.78. The third-order valence-corrected chi connectivity index (χ3v) is 4.48. The number of allylic oxidation sites excluding steroid dienone is 1. The maximum atomic E-state index is 13.0. The number of aryl methyl sites for hydroxylation is 1. The second kappa shape index (κ2) is 5.99. The fraction of sp³-hybridized carbons (Fsp3) is 0.250. The lowest BCUT2D eigenvalue weighted by Crippen LogP contribution is -2.50. The van der Waals surface area contributed by atoms with Gasteiger partial charge in [0.15, 0.2) is 0 Å². The van der Waals surface area contributed by atoms with Crippen LogP contribution in [-0.4, -0.2) is 11.6 Å². The van der Waals surface area contributed by atoms with Gasteiger partial charge in [0.2, 0.25) is 0 Å². The minimum absolute atomic E-state index is 0.169. The van der Waals surface area contributed by atoms with Crippen LogP contribution in [0.3, 0.4) is 0 Å². The smallest absolute Gasteiger partial charge is 0.307 e. The van der Waals surface area contributed by atoms with Crippen molar-refractivity contribution in [3.05, 3.63) is 64.7 Å². The van der Waals surface area contributed by atoms with Gasteiger partial charge in [-0.15, -0.1) is 0 Å². The predicted octanol–water partition coefficient (Wildman–Crippen LogP) is 5.88. The van der Waals surface area contributed by atoms with Crippen molar-refractivity contribution in [2.45, 2.75) is 33.2 Å². The summed E-state index contributed by atoms with van der Waals surface area (Å²) >= 11 is 6.02. The molecule has 0 bridgehead atoms. The first-order valence-corrected chi connectivity index (χ1v) is 8.33. The van der Waals surface area contributed by atoms with Gasteiger partial charge in [-0.2, -0.15) is 0 Å². The molecule has 0 unspecified atom stereocenters. The third kappa shape index (κ3) is 3.04. The van der Waals surface area contributed by atoms with Crippen molar-refractivity contribution >= 4 is 34.6 Å². The third-order valence-electron chi connectivity index (χ3n) is 4.24. The molecule has 1 aliphatic rings. The molecule has 3 rings (SSSR count). The zero-order valence-corrected chi connectivity index (χ0v) is 15.1. The van der Waals surface area contributed by atoms with Crippen LogP contribution in [0.5, 0.6) is 0 Å². The van der Waals surface area contributed by atoms with E-state index in [1.54, 1.807) is 12.1 Å². The molecule has 4 heteroatoms. The maximum absolute atomic E-state index is 13.0. The molecule has 0 spiro atoms. The average Bonchev–Trinajstić information content (AvgIpc) is 2.45. The molecule has 1 N–H and O–H groups in total. The molecule has 3 nitrogen and oxygen atoms in total. The molecular formula is C20H21ClN2O. The van der Waals surface area contributed by atoms with Crippen molar-refractivity contribution in [2.24, 2.45) is 0 Å². The van der Waals surface area contributed by atoms with Crippen LogP contribution in [-0.2, 0) is 0 Å². The van der Waals surface area contributed by atoms with E-state index in [0.717, 1.165) is 16.8 Å². The normalized spacial score (nSPS) is 15.5. The molecule has 24 heavy (non-hydrogen) atoms. The van der Waals surface area contributed by atoms with Gasteiger partial charge in [0.05, 0.1) is 11.2 Å². The number of hydrogen-bond acceptors (Lipinski definition) is 1. The van der Waals surface area contributed by atoms with Crippen LogP contribution in [0.2, 0.25) is 5.02 Å². The number of anilines is 2. The van der Waals surface area contributed by atoms with Gasteiger partial charge >= 0.3 is 6.03 Å². The quantitative estimate of drug-likeness (QED) is 0.690. The zero-order chi connectivity index (χ0) is 17.5. The number of nitrogens with zero attached hydrogens (tertiary/aromatic N) is 1. The number of halogens is 1. The van der Waals surface area contributed by atoms with Gasteiger partial charge in [0.25, 0.3) is 0 Å². The SMILES string of the molecule is CC1=CC(C)(C)N(C(=O)Nc2cccc(Cl)c2)c2cc(C)ccc21. The number of amides is 2. The lowest BCUT2D eigenvalue weighted by molar-refractivity contribution is 0.253. The number of urea groups is 1. The minimum Gasteiger partial charge on any atom is -0.307 e. The van der Waals surface area contributed by atoms with E-state index in [1.165, 1.54) is 5.57 Å². The molecule has 0 aliphatic carbocycles. The molecule has 2 aromatic carbocycles. The Bertz CT molecular complexity index is 839. The molecule has 0 aromatic heterocycles. The van der Waals surface area contributed by atoms with E-state index in [2.05, 4.69) is 36.5 Å². The van der Waals surface area contributed by atoms with Gasteiger partial charge in [-0.25, -0.2) is 4.79 Å². The van der Waals surface area contributed by atoms with Crippen LogP contribution < -0.4 is 10.2 Å². The molecule has 2 amide bonds. The van der Waals surface area contributed by atoms with E-state index < -0.39 is 5.54 Å². The van der Waals surface area contributed by atoms with Gasteiger partial charge in [-0.3, -0.25) is 4.90 Å². The highest BCUT2D eigenvalue weighted by Gasteiger charge is 2.35. The first kappa shape index (κ1) is 16.6. The maximum Gasteiger partial charge on any atom is 0.327 e. The summed E-state index contributed by atoms with van der Waals surface area (Å²) in [5.74, 6) is 0. The summed E-state index contributed by atoms with van der Waals surface area (Å²) in [6, 6.07) is 13.2. The Balaban J connectivity index is 2.02. The first-order valence-electron chi connectivity index (χ1n) is 7.95. The van der Waals surface area contributed by atoms with E-state index in [-0.39, 0.29) is 6.03 Å². The van der Waals surface area contributed by atoms with E-state index in [4.69, 9.17) is 11.6 Å². The average molecular weight is 341 g/mol. The number of benzene rings is 2. The van der Waals surface area contributed by atoms with Gasteiger partial charge in [0.1, 0.15) is 0 Å². The number of carbonyl (C=O) groups is 1. The van der Waals surface area contributed by atoms with Gasteiger partial charge in [-0.1, -0.05) is 35.9 Å². The highest BCUT2D eigenvalue weighted by Crippen LogP contribution is 2.39. The Morgan fingerprint density at radius 3 is 2.58 bits per heavy atom. The van der Waals surface area contributed by atoms with Crippen LogP contribution in [0.4, 0.5) is 16.2 Å². The highest BCUT2D eigenvalue weighted by molar-refractivity contribution is 6.31. The summed E-state index contributed by atoms with van der Waals surface area (Å²) in [5, 5.41) is 3.55. The molecule has 0 saturated heterocycles. The fourth-order valence-corrected chi connectivity index (χ4v) is 3.45. The number of hydrogen-bond donors (Lipinski definition) is 1. The Morgan fingerprint density at radius 1 is 1.12 bits per heavy atom. The monoisotopic (exact) mass is 340 g/mol. The van der Waals surface area contributed by atoms with Gasteiger partial charge < -0.3 is 5.32 Å². The van der Waals surface area contributed by atoms with E-state index in [9.17, 15) is 4.79 Å². The molecule has 1 heterocycles. The Morgan fingerprint density at radius 2 is 1.88 bits per heavy atom. The van der Waals surface area contributed by atoms with Crippen molar-refractivity contribution in [2.75, 3.05) is 10.2 Å². The molecule has 0 fully saturated rings. The van der Waals surface area contributed by atoms with Crippen LogP contribution in [0, 0.1) is 6.92 Å². The number of carbonyl (C=O) groups excluding carboxylic acids is 1. The highest BCUT2D eigenvalue weighted by atomic mass is 35.5. The Hall–Kier alpha value is -2.26. The van der Waals surface area contributed by atoms with Crippen LogP contribution in [0.25, 0.3) is 5.57 Å². The Labute approximate surface area is 147 Å². The summed E-state index contributed by atoms with van der Waals surface area (Å²) in [4.78, 5) is 14.8. The van der Waals surface area contributed by atoms with Crippen molar-refractivity contribution in [1.29, 1.82) is 0 Å². The van der Waals surface area contributed by atoms with Crippen molar-refractivity contribution in [1.82, 2.24) is 0 Å². The summed E-state index contributed by atoms with van der Waals surface area (Å²) in [6.07, 6.45) is 2.13. The fourth-order valence-electron chi connectivity index (χ4n) is 3.26. The zero-order valence-electron chi connectivity index (χ0n) is 14.4. The van der Waals surface area contributed by atoms with E-state index in [1.807, 2.05) is 37.8 Å². The number of nitrogens with one attached hydrogen (secondary N) is 1. The van der Waals surface area contributed by atoms with Crippen molar-refractivity contribution in [3.63, 3.8) is 0 Å². The van der Waals surface area contributed by atoms with Crippen molar-refractivity contribution in [3.8, 4) is 0 Å². The van der Waals surface area contributed by atoms with Crippen LogP contribution in [0.1, 0.15) is 31.9 Å². The molecule has 2 aromatic rings. The summed E-state index contributed by atoms with van der Waals surface area (Å²) in [7, 11) is 0. The summed E-state index contributed by atoms with van der Waals surface area (Å²) < 4.78 is 0. The summed E-state index contributed by atoms with van der Waals surface area (Å²) in [5.41, 5.74) is 4.58. The molecule has 0 saturated carbocycles. The van der Waals surface area contributed by atoms with E-state index >= 15 is 0 Å². The van der Waals surface area contributed by atoms with Crippen LogP contribution >= 0.6 is 11.6 Å². The van der Waals surface area contributed by atoms with Gasteiger partial charge in [-0.05, 0) is 63.1 Å². The van der Waals surface area contributed by atoms with Crippen molar-refractivity contribution < 1.29 is 4.79 Å². The second-order valence-corrected chi connectivity index (χ2v) is 7.21.